The molecule has 1 heterocycles. The van der Waals surface area contributed by atoms with Gasteiger partial charge in [-0.15, -0.1) is 0 Å². The van der Waals surface area contributed by atoms with E-state index in [1.165, 1.54) is 12.4 Å². The van der Waals surface area contributed by atoms with E-state index in [4.69, 9.17) is 21.4 Å². The van der Waals surface area contributed by atoms with Crippen LogP contribution in [0.1, 0.15) is 46.8 Å². The third-order valence-corrected chi connectivity index (χ3v) is 5.25. The molecule has 0 bridgehead atoms. The van der Waals surface area contributed by atoms with Gasteiger partial charge in [0.2, 0.25) is 0 Å². The summed E-state index contributed by atoms with van der Waals surface area (Å²) in [6, 6.07) is 15.6. The molecule has 1 N–H and O–H groups in total. The number of hydrogen-bond donors (Lipinski definition) is 1. The molecule has 30 heavy (non-hydrogen) atoms. The van der Waals surface area contributed by atoms with Crippen LogP contribution >= 0.6 is 11.6 Å². The predicted molar refractivity (Wildman–Crippen MR) is 115 cm³/mol. The van der Waals surface area contributed by atoms with Crippen molar-refractivity contribution in [1.29, 1.82) is 0 Å². The molecule has 7 heteroatoms. The first-order valence-corrected chi connectivity index (χ1v) is 10.1. The second-order valence-electron chi connectivity index (χ2n) is 7.07. The Hall–Kier alpha value is -3.25. The molecule has 3 aromatic rings. The Bertz CT molecular complexity index is 1090. The van der Waals surface area contributed by atoms with Crippen LogP contribution in [0.5, 0.6) is 5.75 Å². The van der Waals surface area contributed by atoms with Crippen LogP contribution < -0.4 is 4.74 Å². The molecule has 1 aromatic heterocycles. The standard InChI is InChI=1S/C23H20ClN3O3/c24-16-9-10-21(30-14-15-5-2-1-3-6-15)18(11-16)17-7-4-8-19(17)26-22-13-25-12-20(27-22)23(28)29/h1-3,5-6,9-13,17H,4,7-8,14H2,(H,28,29). The van der Waals surface area contributed by atoms with E-state index < -0.39 is 5.97 Å². The van der Waals surface area contributed by atoms with Gasteiger partial charge in [0, 0.05) is 22.2 Å². The highest BCUT2D eigenvalue weighted by Gasteiger charge is 2.27. The lowest BCUT2D eigenvalue weighted by Crippen LogP contribution is -2.08. The number of halogens is 1. The van der Waals surface area contributed by atoms with Crippen LogP contribution in [0.25, 0.3) is 0 Å². The average molecular weight is 422 g/mol. The van der Waals surface area contributed by atoms with Gasteiger partial charge in [0.15, 0.2) is 11.5 Å². The summed E-state index contributed by atoms with van der Waals surface area (Å²) in [6.07, 6.45) is 5.37. The van der Waals surface area contributed by atoms with Crippen molar-refractivity contribution < 1.29 is 14.6 Å². The first-order valence-electron chi connectivity index (χ1n) is 9.69. The molecule has 1 fully saturated rings. The van der Waals surface area contributed by atoms with E-state index in [1.54, 1.807) is 0 Å². The Morgan fingerprint density at radius 3 is 2.83 bits per heavy atom. The van der Waals surface area contributed by atoms with Crippen molar-refractivity contribution in [2.75, 3.05) is 0 Å². The molecule has 0 radical (unpaired) electrons. The smallest absolute Gasteiger partial charge is 0.356 e. The first kappa shape index (κ1) is 20.0. The number of aromatic nitrogens is 2. The van der Waals surface area contributed by atoms with Crippen molar-refractivity contribution in [2.45, 2.75) is 31.8 Å². The maximum absolute atomic E-state index is 11.2. The minimum absolute atomic E-state index is 0.0322. The molecule has 1 saturated carbocycles. The van der Waals surface area contributed by atoms with Crippen molar-refractivity contribution in [3.63, 3.8) is 0 Å². The predicted octanol–water partition coefficient (Wildman–Crippen LogP) is 5.45. The van der Waals surface area contributed by atoms with Gasteiger partial charge in [0.25, 0.3) is 0 Å². The molecule has 1 aliphatic carbocycles. The van der Waals surface area contributed by atoms with Gasteiger partial charge in [-0.1, -0.05) is 41.9 Å². The van der Waals surface area contributed by atoms with Gasteiger partial charge in [-0.05, 0) is 43.0 Å². The van der Waals surface area contributed by atoms with Gasteiger partial charge in [-0.2, -0.15) is 0 Å². The van der Waals surface area contributed by atoms with Gasteiger partial charge in [0.05, 0.1) is 12.4 Å². The Balaban J connectivity index is 1.63. The normalized spacial score (nSPS) is 17.2. The lowest BCUT2D eigenvalue weighted by molar-refractivity contribution is 0.0690. The minimum atomic E-state index is -1.13. The maximum Gasteiger partial charge on any atom is 0.356 e. The van der Waals surface area contributed by atoms with E-state index in [0.29, 0.717) is 17.4 Å². The van der Waals surface area contributed by atoms with Crippen molar-refractivity contribution >= 4 is 29.1 Å². The highest BCUT2D eigenvalue weighted by molar-refractivity contribution is 6.30. The maximum atomic E-state index is 11.2. The summed E-state index contributed by atoms with van der Waals surface area (Å²) in [5.41, 5.74) is 2.87. The van der Waals surface area contributed by atoms with E-state index in [1.807, 2.05) is 48.5 Å². The van der Waals surface area contributed by atoms with E-state index in [0.717, 1.165) is 41.9 Å². The van der Waals surface area contributed by atoms with Crippen molar-refractivity contribution in [3.8, 4) is 5.75 Å². The largest absolute Gasteiger partial charge is 0.489 e. The fourth-order valence-corrected chi connectivity index (χ4v) is 3.80. The number of nitrogens with zero attached hydrogens (tertiary/aromatic N) is 3. The Kier molecular flexibility index (Phi) is 6.05. The van der Waals surface area contributed by atoms with Crippen LogP contribution in [-0.2, 0) is 6.61 Å². The van der Waals surface area contributed by atoms with Gasteiger partial charge in [-0.25, -0.2) is 14.8 Å². The Morgan fingerprint density at radius 2 is 2.03 bits per heavy atom. The molecule has 0 spiro atoms. The first-order chi connectivity index (χ1) is 14.6. The van der Waals surface area contributed by atoms with Crippen molar-refractivity contribution in [1.82, 2.24) is 9.97 Å². The number of hydrogen-bond acceptors (Lipinski definition) is 5. The second-order valence-corrected chi connectivity index (χ2v) is 7.51. The summed E-state index contributed by atoms with van der Waals surface area (Å²) in [6.45, 7) is 0.459. The highest BCUT2D eigenvalue weighted by atomic mass is 35.5. The molecule has 0 amide bonds. The summed E-state index contributed by atoms with van der Waals surface area (Å²) < 4.78 is 6.12. The van der Waals surface area contributed by atoms with Crippen LogP contribution in [0.15, 0.2) is 65.9 Å². The molecule has 0 saturated heterocycles. The number of rotatable bonds is 6. The monoisotopic (exact) mass is 421 g/mol. The highest BCUT2D eigenvalue weighted by Crippen LogP contribution is 2.39. The van der Waals surface area contributed by atoms with Gasteiger partial charge in [-0.3, -0.25) is 4.98 Å². The number of carboxylic acids is 1. The summed E-state index contributed by atoms with van der Waals surface area (Å²) in [5.74, 6) is -0.0254. The van der Waals surface area contributed by atoms with Gasteiger partial charge in [0.1, 0.15) is 12.4 Å². The van der Waals surface area contributed by atoms with Crippen LogP contribution in [0.3, 0.4) is 0 Å². The molecule has 152 valence electrons. The van der Waals surface area contributed by atoms with E-state index >= 15 is 0 Å². The summed E-state index contributed by atoms with van der Waals surface area (Å²) in [4.78, 5) is 23.8. The molecular formula is C23H20ClN3O3. The average Bonchev–Trinajstić information content (AvgIpc) is 3.21. The summed E-state index contributed by atoms with van der Waals surface area (Å²) >= 11 is 6.29. The molecule has 0 aliphatic heterocycles. The molecule has 2 aromatic carbocycles. The third-order valence-electron chi connectivity index (χ3n) is 5.01. The molecule has 1 unspecified atom stereocenters. The molecule has 1 atom stereocenters. The van der Waals surface area contributed by atoms with Gasteiger partial charge < -0.3 is 9.84 Å². The van der Waals surface area contributed by atoms with Crippen LogP contribution in [0.2, 0.25) is 5.02 Å². The van der Waals surface area contributed by atoms with Crippen LogP contribution in [0, 0.1) is 0 Å². The molecule has 6 nitrogen and oxygen atoms in total. The van der Waals surface area contributed by atoms with Crippen LogP contribution in [-0.4, -0.2) is 26.8 Å². The Labute approximate surface area is 179 Å². The van der Waals surface area contributed by atoms with Crippen LogP contribution in [0.4, 0.5) is 5.82 Å². The lowest BCUT2D eigenvalue weighted by atomic mass is 9.95. The molecule has 1 aliphatic rings. The topological polar surface area (TPSA) is 84.7 Å². The van der Waals surface area contributed by atoms with E-state index in [-0.39, 0.29) is 11.6 Å². The van der Waals surface area contributed by atoms with E-state index in [2.05, 4.69) is 15.0 Å². The SMILES string of the molecule is O=C(O)c1cncc(N=C2CCCC2c2cc(Cl)ccc2OCc2ccccc2)n1. The summed E-state index contributed by atoms with van der Waals surface area (Å²) in [5, 5.41) is 9.77. The number of ether oxygens (including phenoxy) is 1. The quantitative estimate of drug-likeness (QED) is 0.572. The van der Waals surface area contributed by atoms with E-state index in [9.17, 15) is 4.79 Å². The zero-order valence-electron chi connectivity index (χ0n) is 16.2. The fourth-order valence-electron chi connectivity index (χ4n) is 3.62. The zero-order chi connectivity index (χ0) is 20.9. The zero-order valence-corrected chi connectivity index (χ0v) is 16.9. The summed E-state index contributed by atoms with van der Waals surface area (Å²) in [7, 11) is 0. The van der Waals surface area contributed by atoms with Crippen molar-refractivity contribution in [2.24, 2.45) is 4.99 Å². The second kappa shape index (κ2) is 9.05. The molecular weight excluding hydrogens is 402 g/mol. The number of benzene rings is 2. The number of aromatic carboxylic acids is 1. The number of carbonyl (C=O) groups is 1. The fraction of sp³-hybridized carbons (Fsp3) is 0.217. The minimum Gasteiger partial charge on any atom is -0.489 e. The van der Waals surface area contributed by atoms with Crippen molar-refractivity contribution in [3.05, 3.63) is 82.8 Å². The number of aliphatic imine (C=N–C) groups is 1. The van der Waals surface area contributed by atoms with Gasteiger partial charge >= 0.3 is 5.97 Å². The lowest BCUT2D eigenvalue weighted by Gasteiger charge is -2.18. The third kappa shape index (κ3) is 4.66. The molecule has 4 rings (SSSR count). The Morgan fingerprint density at radius 1 is 1.20 bits per heavy atom. The number of carboxylic acid groups (broad SMARTS) is 1.